The number of amides is 1. The second-order valence-electron chi connectivity index (χ2n) is 9.50. The van der Waals surface area contributed by atoms with Crippen molar-refractivity contribution in [3.63, 3.8) is 0 Å². The number of pyridine rings is 1. The van der Waals surface area contributed by atoms with Crippen molar-refractivity contribution in [1.29, 1.82) is 0 Å². The molecule has 32 heavy (non-hydrogen) atoms. The fourth-order valence-electron chi connectivity index (χ4n) is 5.43. The van der Waals surface area contributed by atoms with E-state index in [4.69, 9.17) is 21.1 Å². The van der Waals surface area contributed by atoms with Crippen LogP contribution in [0, 0.1) is 12.3 Å². The summed E-state index contributed by atoms with van der Waals surface area (Å²) in [5, 5.41) is 14.0. The van der Waals surface area contributed by atoms with Crippen LogP contribution >= 0.6 is 11.6 Å². The molecule has 3 fully saturated rings. The summed E-state index contributed by atoms with van der Waals surface area (Å²) in [7, 11) is 0. The largest absolute Gasteiger partial charge is 0.482 e. The molecule has 0 radical (unpaired) electrons. The molecule has 2 atom stereocenters. The van der Waals surface area contributed by atoms with E-state index in [1.54, 1.807) is 30.5 Å². The Labute approximate surface area is 191 Å². The molecule has 6 rings (SSSR count). The van der Waals surface area contributed by atoms with Gasteiger partial charge in [-0.3, -0.25) is 9.59 Å². The first-order valence-electron chi connectivity index (χ1n) is 10.8. The smallest absolute Gasteiger partial charge is 0.258 e. The Morgan fingerprint density at radius 2 is 2.06 bits per heavy atom. The van der Waals surface area contributed by atoms with Crippen LogP contribution in [0.4, 0.5) is 0 Å². The first kappa shape index (κ1) is 21.2. The maximum atomic E-state index is 12.9. The van der Waals surface area contributed by atoms with Crippen molar-refractivity contribution in [2.24, 2.45) is 5.41 Å². The SMILES string of the molecule is Cc1ccc(OCC(=O)NC23CC(CC(=O)[C@H]4C[C@@H](O)c5cc(Cl)ccc5O4)(C2)C3)nc1. The second kappa shape index (κ2) is 7.74. The number of ether oxygens (including phenoxy) is 2. The van der Waals surface area contributed by atoms with Gasteiger partial charge in [-0.2, -0.15) is 0 Å². The molecule has 7 nitrogen and oxygen atoms in total. The van der Waals surface area contributed by atoms with Gasteiger partial charge >= 0.3 is 0 Å². The van der Waals surface area contributed by atoms with Crippen LogP contribution in [-0.2, 0) is 9.59 Å². The molecular weight excluding hydrogens is 432 g/mol. The van der Waals surface area contributed by atoms with Gasteiger partial charge in [-0.25, -0.2) is 4.98 Å². The molecule has 3 aliphatic carbocycles. The predicted molar refractivity (Wildman–Crippen MR) is 117 cm³/mol. The highest BCUT2D eigenvalue weighted by Crippen LogP contribution is 2.69. The monoisotopic (exact) mass is 456 g/mol. The van der Waals surface area contributed by atoms with Gasteiger partial charge in [-0.1, -0.05) is 17.7 Å². The Morgan fingerprint density at radius 1 is 1.28 bits per heavy atom. The van der Waals surface area contributed by atoms with E-state index in [1.165, 1.54) is 0 Å². The minimum atomic E-state index is -0.770. The average Bonchev–Trinajstić information content (AvgIpc) is 2.71. The Morgan fingerprint density at radius 3 is 2.78 bits per heavy atom. The predicted octanol–water partition coefficient (Wildman–Crippen LogP) is 3.31. The molecule has 1 aromatic carbocycles. The van der Waals surface area contributed by atoms with E-state index in [-0.39, 0.29) is 35.7 Å². The number of aromatic nitrogens is 1. The summed E-state index contributed by atoms with van der Waals surface area (Å²) >= 11 is 5.99. The van der Waals surface area contributed by atoms with E-state index in [1.807, 2.05) is 13.0 Å². The number of benzene rings is 1. The number of carbonyl (C=O) groups is 2. The molecule has 168 valence electrons. The normalized spacial score (nSPS) is 29.6. The van der Waals surface area contributed by atoms with E-state index >= 15 is 0 Å². The number of nitrogens with zero attached hydrogens (tertiary/aromatic N) is 1. The quantitative estimate of drug-likeness (QED) is 0.663. The zero-order valence-corrected chi connectivity index (χ0v) is 18.5. The molecule has 2 N–H and O–H groups in total. The second-order valence-corrected chi connectivity index (χ2v) is 9.94. The van der Waals surface area contributed by atoms with Crippen molar-refractivity contribution < 1.29 is 24.2 Å². The van der Waals surface area contributed by atoms with Crippen LogP contribution < -0.4 is 14.8 Å². The lowest BCUT2D eigenvalue weighted by molar-refractivity contribution is -0.175. The van der Waals surface area contributed by atoms with Crippen LogP contribution in [0.1, 0.15) is 49.3 Å². The van der Waals surface area contributed by atoms with Gasteiger partial charge in [0.1, 0.15) is 5.75 Å². The highest BCUT2D eigenvalue weighted by Gasteiger charge is 2.68. The van der Waals surface area contributed by atoms with Crippen molar-refractivity contribution in [3.05, 3.63) is 52.7 Å². The van der Waals surface area contributed by atoms with Gasteiger partial charge in [-0.05, 0) is 55.4 Å². The van der Waals surface area contributed by atoms with E-state index in [0.717, 1.165) is 24.8 Å². The first-order chi connectivity index (χ1) is 15.2. The number of halogens is 1. The summed E-state index contributed by atoms with van der Waals surface area (Å²) in [4.78, 5) is 29.3. The molecule has 0 spiro atoms. The number of aliphatic hydroxyl groups excluding tert-OH is 1. The molecule has 8 heteroatoms. The molecule has 2 aromatic rings. The molecule has 1 aromatic heterocycles. The molecule has 4 aliphatic rings. The number of nitrogens with one attached hydrogen (secondary N) is 1. The van der Waals surface area contributed by atoms with Gasteiger partial charge in [0.2, 0.25) is 5.88 Å². The third-order valence-corrected chi connectivity index (χ3v) is 6.96. The molecule has 0 unspecified atom stereocenters. The van der Waals surface area contributed by atoms with Gasteiger partial charge in [0.25, 0.3) is 5.91 Å². The Kier molecular flexibility index (Phi) is 5.13. The topological polar surface area (TPSA) is 97.8 Å². The molecule has 1 amide bonds. The molecule has 3 saturated carbocycles. The molecule has 1 aliphatic heterocycles. The third-order valence-electron chi connectivity index (χ3n) is 6.73. The number of hydrogen-bond donors (Lipinski definition) is 2. The van der Waals surface area contributed by atoms with Crippen LogP contribution in [-0.4, -0.2) is 40.0 Å². The summed E-state index contributed by atoms with van der Waals surface area (Å²) in [6.45, 7) is 1.85. The lowest BCUT2D eigenvalue weighted by atomic mass is 9.38. The summed E-state index contributed by atoms with van der Waals surface area (Å²) in [5.41, 5.74) is 1.35. The van der Waals surface area contributed by atoms with Gasteiger partial charge in [-0.15, -0.1) is 0 Å². The lowest BCUT2D eigenvalue weighted by Gasteiger charge is -2.70. The van der Waals surface area contributed by atoms with Gasteiger partial charge < -0.3 is 19.9 Å². The first-order valence-corrected chi connectivity index (χ1v) is 11.2. The minimum absolute atomic E-state index is 0.00180. The number of aryl methyl sites for hydroxylation is 1. The van der Waals surface area contributed by atoms with E-state index in [2.05, 4.69) is 10.3 Å². The van der Waals surface area contributed by atoms with E-state index in [0.29, 0.717) is 28.6 Å². The van der Waals surface area contributed by atoms with Gasteiger partial charge in [0, 0.05) is 41.2 Å². The number of hydrogen-bond acceptors (Lipinski definition) is 6. The average molecular weight is 457 g/mol. The molecular formula is C24H25ClN2O5. The summed E-state index contributed by atoms with van der Waals surface area (Å²) in [6.07, 6.45) is 3.23. The number of Topliss-reactive ketones (excluding diaryl/α,β-unsaturated/α-hetero) is 1. The zero-order valence-electron chi connectivity index (χ0n) is 17.8. The van der Waals surface area contributed by atoms with Crippen LogP contribution in [0.25, 0.3) is 0 Å². The Bertz CT molecular complexity index is 1050. The fraction of sp³-hybridized carbons (Fsp3) is 0.458. The fourth-order valence-corrected chi connectivity index (χ4v) is 5.61. The van der Waals surface area contributed by atoms with Crippen LogP contribution in [0.3, 0.4) is 0 Å². The number of fused-ring (bicyclic) bond motifs is 1. The Hall–Kier alpha value is -2.64. The minimum Gasteiger partial charge on any atom is -0.482 e. The van der Waals surface area contributed by atoms with Crippen LogP contribution in [0.15, 0.2) is 36.5 Å². The maximum Gasteiger partial charge on any atom is 0.258 e. The van der Waals surface area contributed by atoms with Crippen molar-refractivity contribution in [1.82, 2.24) is 10.3 Å². The summed E-state index contributed by atoms with van der Waals surface area (Å²) in [6, 6.07) is 8.67. The maximum absolute atomic E-state index is 12.9. The van der Waals surface area contributed by atoms with Crippen LogP contribution in [0.2, 0.25) is 5.02 Å². The van der Waals surface area contributed by atoms with E-state index in [9.17, 15) is 14.7 Å². The van der Waals surface area contributed by atoms with E-state index < -0.39 is 12.2 Å². The van der Waals surface area contributed by atoms with Gasteiger partial charge in [0.05, 0.1) is 6.10 Å². The summed E-state index contributed by atoms with van der Waals surface area (Å²) < 4.78 is 11.3. The highest BCUT2D eigenvalue weighted by molar-refractivity contribution is 6.30. The van der Waals surface area contributed by atoms with Gasteiger partial charge in [0.15, 0.2) is 18.5 Å². The standard InChI is InChI=1S/C24H25ClN2O5/c1-14-2-5-22(26-9-14)31-10-21(30)27-24-11-23(12-24,13-24)8-18(29)20-7-17(28)16-6-15(25)3-4-19(16)32-20/h2-6,9,17,20,28H,7-8,10-13H2,1H3,(H,27,30)/t17-,20-,23?,24?/m1/s1. The number of aliphatic hydroxyl groups is 1. The number of ketones is 1. The lowest BCUT2D eigenvalue weighted by Crippen LogP contribution is -2.75. The molecule has 0 saturated heterocycles. The highest BCUT2D eigenvalue weighted by atomic mass is 35.5. The van der Waals surface area contributed by atoms with Crippen molar-refractivity contribution >= 4 is 23.3 Å². The third kappa shape index (κ3) is 3.95. The zero-order chi connectivity index (χ0) is 22.5. The Balaban J connectivity index is 1.10. The molecule has 2 heterocycles. The van der Waals surface area contributed by atoms with Crippen LogP contribution in [0.5, 0.6) is 11.6 Å². The van der Waals surface area contributed by atoms with Crippen molar-refractivity contribution in [3.8, 4) is 11.6 Å². The molecule has 2 bridgehead atoms. The number of rotatable bonds is 7. The van der Waals surface area contributed by atoms with Crippen molar-refractivity contribution in [2.75, 3.05) is 6.61 Å². The summed E-state index contributed by atoms with van der Waals surface area (Å²) in [5.74, 6) is 0.749. The van der Waals surface area contributed by atoms with Crippen molar-refractivity contribution in [2.45, 2.75) is 56.8 Å². The number of carbonyl (C=O) groups excluding carboxylic acids is 2.